The lowest BCUT2D eigenvalue weighted by atomic mass is 9.33. The number of hydrogen-bond donors (Lipinski definition) is 2. The molecule has 2 aliphatic rings. The number of anilines is 4. The van der Waals surface area contributed by atoms with E-state index < -0.39 is 6.71 Å². The predicted molar refractivity (Wildman–Crippen MR) is 551 cm³/mol. The predicted octanol–water partition coefficient (Wildman–Crippen LogP) is 32.8. The molecule has 2 N–H and O–H groups in total. The molecule has 7 nitrogen and oxygen atoms in total. The quantitative estimate of drug-likeness (QED) is 0.140. The number of hydrogen-bond acceptors (Lipinski definition) is 6. The van der Waals surface area contributed by atoms with Crippen LogP contribution in [0.25, 0.3) is 204 Å². The van der Waals surface area contributed by atoms with Gasteiger partial charge >= 0.3 is 0 Å². The molecule has 130 heavy (non-hydrogen) atoms. The average Bonchev–Trinajstić information content (AvgIpc) is 0.717. The van der Waals surface area contributed by atoms with Crippen LogP contribution in [-0.4, -0.2) is 11.3 Å². The Kier molecular flexibility index (Phi) is 17.3. The molecular formula is C122H100BN3O4. The zero-order valence-electron chi connectivity index (χ0n) is 76.3. The van der Waals surface area contributed by atoms with Crippen LogP contribution in [-0.2, 0) is 27.1 Å². The van der Waals surface area contributed by atoms with Gasteiger partial charge < -0.3 is 32.9 Å². The summed E-state index contributed by atoms with van der Waals surface area (Å²) in [5.41, 5.74) is 40.0. The van der Waals surface area contributed by atoms with Crippen molar-refractivity contribution in [2.45, 2.75) is 131 Å². The van der Waals surface area contributed by atoms with Crippen LogP contribution < -0.4 is 27.0 Å². The SMILES string of the molecule is CC(C)(C)c1cc(-c2cc3c(c(-c4c(-c5ccc6c(c5)oc5ccccc56)cccc4-c4ccc5c(c4)oc4ccccc45)c2)Nc2cc(-n4c5ccccc5c5cc(C(C)(C)C)ccc54)cc4c2B3c2cc(-c3cc(C(C)(C)C)cc(C(C)(C)C)c3)cc(-c3c(-c5ccc6c(c5)oc5ccccc56)cccc3-c3ccc5c(c3)oc3ccccc35)c2N4)cc(C(C)(C)C)c1. The van der Waals surface area contributed by atoms with Crippen LogP contribution in [0.3, 0.4) is 0 Å². The zero-order valence-corrected chi connectivity index (χ0v) is 76.3. The smallest absolute Gasteiger partial charge is 0.252 e. The van der Waals surface area contributed by atoms with Crippen molar-refractivity contribution in [2.75, 3.05) is 10.6 Å². The molecule has 0 fully saturated rings. The molecule has 8 heteroatoms. The van der Waals surface area contributed by atoms with Crippen molar-refractivity contribution < 1.29 is 17.7 Å². The van der Waals surface area contributed by atoms with Gasteiger partial charge in [0.2, 0.25) is 0 Å². The lowest BCUT2D eigenvalue weighted by Crippen LogP contribution is -2.59. The summed E-state index contributed by atoms with van der Waals surface area (Å²) in [6, 6.07) is 121. The normalized spacial score (nSPS) is 13.1. The second kappa shape index (κ2) is 28.5. The summed E-state index contributed by atoms with van der Waals surface area (Å²) < 4.78 is 30.3. The first kappa shape index (κ1) is 78.9. The van der Waals surface area contributed by atoms with E-state index in [2.05, 4.69) is 441 Å². The first-order valence-electron chi connectivity index (χ1n) is 45.9. The molecule has 0 atom stereocenters. The Balaban J connectivity index is 0.869. The van der Waals surface area contributed by atoms with Gasteiger partial charge in [-0.15, -0.1) is 0 Å². The average molecular weight is 1680 g/mol. The molecule has 0 amide bonds. The highest BCUT2D eigenvalue weighted by Crippen LogP contribution is 2.54. The molecule has 0 bridgehead atoms. The fourth-order valence-corrected chi connectivity index (χ4v) is 21.1. The third kappa shape index (κ3) is 12.7. The van der Waals surface area contributed by atoms with E-state index in [1.54, 1.807) is 0 Å². The van der Waals surface area contributed by atoms with Gasteiger partial charge in [-0.1, -0.05) is 310 Å². The van der Waals surface area contributed by atoms with E-state index in [-0.39, 0.29) is 27.1 Å². The Morgan fingerprint density at radius 2 is 0.531 bits per heavy atom. The molecule has 5 aromatic heterocycles. The molecule has 0 spiro atoms. The van der Waals surface area contributed by atoms with E-state index in [1.807, 2.05) is 0 Å². The number of nitrogens with one attached hydrogen (secondary N) is 2. The fourth-order valence-electron chi connectivity index (χ4n) is 21.1. The Bertz CT molecular complexity index is 7830. The van der Waals surface area contributed by atoms with Crippen LogP contribution in [0.15, 0.2) is 339 Å². The van der Waals surface area contributed by atoms with Gasteiger partial charge in [0.1, 0.15) is 44.7 Å². The van der Waals surface area contributed by atoms with Crippen molar-refractivity contribution in [2.24, 2.45) is 0 Å². The number of benzene rings is 17. The van der Waals surface area contributed by atoms with E-state index in [0.29, 0.717) is 0 Å². The van der Waals surface area contributed by atoms with Crippen LogP contribution >= 0.6 is 0 Å². The van der Waals surface area contributed by atoms with Crippen molar-refractivity contribution in [3.8, 4) is 94.7 Å². The van der Waals surface area contributed by atoms with Crippen LogP contribution in [0.4, 0.5) is 22.7 Å². The van der Waals surface area contributed by atoms with E-state index in [0.717, 1.165) is 233 Å². The number of furan rings is 4. The second-order valence-electron chi connectivity index (χ2n) is 41.7. The van der Waals surface area contributed by atoms with Crippen molar-refractivity contribution in [3.05, 3.63) is 349 Å². The summed E-state index contributed by atoms with van der Waals surface area (Å²) in [6.07, 6.45) is 0. The molecule has 2 aliphatic heterocycles. The van der Waals surface area contributed by atoms with Gasteiger partial charge in [0, 0.05) is 87.7 Å². The highest BCUT2D eigenvalue weighted by atomic mass is 16.3. The molecule has 0 radical (unpaired) electrons. The van der Waals surface area contributed by atoms with Crippen molar-refractivity contribution in [1.29, 1.82) is 0 Å². The van der Waals surface area contributed by atoms with Gasteiger partial charge in [0.25, 0.3) is 6.71 Å². The Morgan fingerprint density at radius 1 is 0.223 bits per heavy atom. The number of nitrogens with zero attached hydrogens (tertiary/aromatic N) is 1. The minimum absolute atomic E-state index is 0.0988. The minimum atomic E-state index is -0.443. The van der Waals surface area contributed by atoms with E-state index in [1.165, 1.54) is 38.6 Å². The summed E-state index contributed by atoms with van der Waals surface area (Å²) in [5, 5.41) is 20.1. The van der Waals surface area contributed by atoms with Crippen molar-refractivity contribution >= 4 is 155 Å². The number of fused-ring (bicyclic) bond motifs is 19. The molecular weight excluding hydrogens is 1580 g/mol. The molecule has 0 unspecified atom stereocenters. The molecule has 0 saturated heterocycles. The van der Waals surface area contributed by atoms with E-state index in [4.69, 9.17) is 17.7 Å². The second-order valence-corrected chi connectivity index (χ2v) is 41.7. The number of rotatable bonds is 9. The standard InChI is InChI=1S/C122H100BN3O4/c1-118(2,3)77-46-51-104-96(66-77)87-28-16-21-37-103(87)126(104)82-67-101-115-102(68-82)125-117-98(114-85(71-44-49-94-90-31-19-24-40-107(90)129-111(94)62-71)35-27-36-86(114)72-45-50-95-91-32-20-25-41-108(91)130-112(95)63-72)57-76(74-54-80(121(10,11)12)65-81(55-74)122(13,14)15)59-100(117)123(115)99-58-75(73-52-78(119(4,5)6)64-79(53-73)120(7,8)9)56-97(116(99)124-101)113-83(69-42-47-92-88-29-17-22-38-105(88)127-109(92)60-69)33-26-34-84(113)70-43-48-93-89-30-18-23-39-106(89)128-110(93)61-70/h16-68,124-125H,1-15H3. The molecule has 17 aromatic carbocycles. The first-order valence-corrected chi connectivity index (χ1v) is 45.9. The Labute approximate surface area is 758 Å². The Hall–Kier alpha value is -14.6. The molecule has 22 aromatic rings. The molecule has 0 saturated carbocycles. The highest BCUT2D eigenvalue weighted by molar-refractivity contribution is 7.00. The van der Waals surface area contributed by atoms with Crippen LogP contribution in [0.2, 0.25) is 0 Å². The van der Waals surface area contributed by atoms with E-state index >= 15 is 0 Å². The zero-order chi connectivity index (χ0) is 88.7. The van der Waals surface area contributed by atoms with Crippen molar-refractivity contribution in [1.82, 2.24) is 4.57 Å². The Morgan fingerprint density at radius 3 is 0.877 bits per heavy atom. The van der Waals surface area contributed by atoms with Crippen LogP contribution in [0.5, 0.6) is 0 Å². The third-order valence-electron chi connectivity index (χ3n) is 28.2. The monoisotopic (exact) mass is 1680 g/mol. The number of aromatic nitrogens is 1. The maximum absolute atomic E-state index is 6.94. The van der Waals surface area contributed by atoms with Crippen LogP contribution in [0, 0.1) is 0 Å². The number of para-hydroxylation sites is 5. The van der Waals surface area contributed by atoms with Gasteiger partial charge in [0.15, 0.2) is 0 Å². The summed E-state index contributed by atoms with van der Waals surface area (Å²) in [7, 11) is 0. The minimum Gasteiger partial charge on any atom is -0.456 e. The topological polar surface area (TPSA) is 81.6 Å². The van der Waals surface area contributed by atoms with Gasteiger partial charge in [-0.3, -0.25) is 0 Å². The van der Waals surface area contributed by atoms with Gasteiger partial charge in [-0.25, -0.2) is 0 Å². The summed E-state index contributed by atoms with van der Waals surface area (Å²) in [6.45, 7) is 34.8. The fraction of sp³-hybridized carbons (Fsp3) is 0.164. The molecule has 630 valence electrons. The largest absolute Gasteiger partial charge is 0.456 e. The lowest BCUT2D eigenvalue weighted by Gasteiger charge is -2.38. The molecule has 0 aliphatic carbocycles. The van der Waals surface area contributed by atoms with Gasteiger partial charge in [0.05, 0.1) is 16.7 Å². The molecule has 7 heterocycles. The van der Waals surface area contributed by atoms with Gasteiger partial charge in [-0.2, -0.15) is 0 Å². The first-order chi connectivity index (χ1) is 62.5. The van der Waals surface area contributed by atoms with Crippen LogP contribution in [0.1, 0.15) is 132 Å². The summed E-state index contributed by atoms with van der Waals surface area (Å²) in [5.74, 6) is 0. The van der Waals surface area contributed by atoms with Gasteiger partial charge in [-0.05, 0) is 264 Å². The molecule has 24 rings (SSSR count). The summed E-state index contributed by atoms with van der Waals surface area (Å²) in [4.78, 5) is 0. The third-order valence-corrected chi connectivity index (χ3v) is 28.2. The maximum Gasteiger partial charge on any atom is 0.252 e. The lowest BCUT2D eigenvalue weighted by molar-refractivity contribution is 0.568. The highest BCUT2D eigenvalue weighted by Gasteiger charge is 2.43. The van der Waals surface area contributed by atoms with Crippen molar-refractivity contribution in [3.63, 3.8) is 0 Å². The summed E-state index contributed by atoms with van der Waals surface area (Å²) >= 11 is 0. The van der Waals surface area contributed by atoms with E-state index in [9.17, 15) is 0 Å². The maximum atomic E-state index is 6.94.